The van der Waals surface area contributed by atoms with Crippen LogP contribution in [0.1, 0.15) is 50.2 Å². The van der Waals surface area contributed by atoms with Crippen molar-refractivity contribution in [2.45, 2.75) is 45.6 Å². The minimum Gasteiger partial charge on any atom is -0.399 e. The number of allylic oxidation sites excluding steroid dienone is 1. The number of anilines is 2. The normalized spacial score (nSPS) is 14.4. The van der Waals surface area contributed by atoms with E-state index < -0.39 is 0 Å². The summed E-state index contributed by atoms with van der Waals surface area (Å²) in [5.74, 6) is 0.528. The maximum atomic E-state index is 12.6. The fourth-order valence-corrected chi connectivity index (χ4v) is 4.10. The van der Waals surface area contributed by atoms with E-state index in [9.17, 15) is 4.79 Å². The van der Waals surface area contributed by atoms with Crippen LogP contribution in [0.2, 0.25) is 0 Å². The molecule has 0 unspecified atom stereocenters. The third-order valence-corrected chi connectivity index (χ3v) is 5.81. The number of nitrogen functional groups attached to an aromatic ring is 1. The van der Waals surface area contributed by atoms with Gasteiger partial charge in [0.25, 0.3) is 5.56 Å². The van der Waals surface area contributed by atoms with Gasteiger partial charge in [0, 0.05) is 42.1 Å². The maximum Gasteiger partial charge on any atom is 0.251 e. The summed E-state index contributed by atoms with van der Waals surface area (Å²) in [5, 5.41) is 1.20. The highest BCUT2D eigenvalue weighted by molar-refractivity contribution is 5.90. The molecule has 0 saturated heterocycles. The number of fused-ring (bicyclic) bond motifs is 1. The molecular formula is C25H29N3O. The first-order chi connectivity index (χ1) is 14.0. The molecule has 1 saturated carbocycles. The van der Waals surface area contributed by atoms with E-state index in [2.05, 4.69) is 55.3 Å². The molecule has 0 radical (unpaired) electrons. The average Bonchev–Trinajstić information content (AvgIpc) is 3.57. The van der Waals surface area contributed by atoms with Crippen LogP contribution >= 0.6 is 0 Å². The van der Waals surface area contributed by atoms with Crippen LogP contribution in [0, 0.1) is 0 Å². The van der Waals surface area contributed by atoms with Crippen molar-refractivity contribution >= 4 is 28.0 Å². The predicted molar refractivity (Wildman–Crippen MR) is 123 cm³/mol. The Morgan fingerprint density at radius 1 is 1.14 bits per heavy atom. The van der Waals surface area contributed by atoms with Crippen LogP contribution < -0.4 is 16.2 Å². The molecule has 4 nitrogen and oxygen atoms in total. The van der Waals surface area contributed by atoms with Crippen LogP contribution in [-0.4, -0.2) is 11.6 Å². The Hall–Kier alpha value is -3.01. The third kappa shape index (κ3) is 3.67. The van der Waals surface area contributed by atoms with Crippen molar-refractivity contribution in [2.75, 3.05) is 17.7 Å². The van der Waals surface area contributed by atoms with Gasteiger partial charge in [0.2, 0.25) is 0 Å². The summed E-state index contributed by atoms with van der Waals surface area (Å²) < 4.78 is 1.87. The second kappa shape index (κ2) is 7.78. The second-order valence-corrected chi connectivity index (χ2v) is 7.84. The molecule has 4 rings (SSSR count). The summed E-state index contributed by atoms with van der Waals surface area (Å²) in [6, 6.07) is 16.3. The van der Waals surface area contributed by atoms with Crippen molar-refractivity contribution in [3.63, 3.8) is 0 Å². The number of pyridine rings is 1. The molecule has 0 amide bonds. The Morgan fingerprint density at radius 3 is 2.48 bits per heavy atom. The lowest BCUT2D eigenvalue weighted by molar-refractivity contribution is 0.757. The Bertz CT molecular complexity index is 1120. The summed E-state index contributed by atoms with van der Waals surface area (Å²) in [6.45, 7) is 4.86. The van der Waals surface area contributed by atoms with Gasteiger partial charge in [-0.3, -0.25) is 4.79 Å². The SMILES string of the molecule is CC/C=C(\c1ccc(N)cc1)N(C)c1ccc2c(c1)c(C1CC1)cc(=O)n2CC. The van der Waals surface area contributed by atoms with Gasteiger partial charge in [-0.1, -0.05) is 25.1 Å². The molecule has 0 spiro atoms. The van der Waals surface area contributed by atoms with Crippen LogP contribution in [0.25, 0.3) is 16.6 Å². The van der Waals surface area contributed by atoms with Crippen LogP contribution in [-0.2, 0) is 6.54 Å². The summed E-state index contributed by atoms with van der Waals surface area (Å²) >= 11 is 0. The Kier molecular flexibility index (Phi) is 5.18. The number of rotatable bonds is 6. The first-order valence-electron chi connectivity index (χ1n) is 10.5. The van der Waals surface area contributed by atoms with Gasteiger partial charge in [0.05, 0.1) is 5.52 Å². The van der Waals surface area contributed by atoms with Gasteiger partial charge in [-0.25, -0.2) is 0 Å². The molecule has 2 N–H and O–H groups in total. The Labute approximate surface area is 172 Å². The first-order valence-corrected chi connectivity index (χ1v) is 10.5. The lowest BCUT2D eigenvalue weighted by Crippen LogP contribution is -2.20. The van der Waals surface area contributed by atoms with Crippen LogP contribution in [0.5, 0.6) is 0 Å². The van der Waals surface area contributed by atoms with E-state index in [1.165, 1.54) is 23.8 Å². The lowest BCUT2D eigenvalue weighted by atomic mass is 10.0. The molecule has 1 heterocycles. The summed E-state index contributed by atoms with van der Waals surface area (Å²) in [5.41, 5.74) is 12.4. The Balaban J connectivity index is 1.83. The monoisotopic (exact) mass is 387 g/mol. The number of aromatic nitrogens is 1. The van der Waals surface area contributed by atoms with Crippen LogP contribution in [0.15, 0.2) is 59.4 Å². The smallest absolute Gasteiger partial charge is 0.251 e. The van der Waals surface area contributed by atoms with Gasteiger partial charge in [0.15, 0.2) is 0 Å². The number of nitrogens with zero attached hydrogens (tertiary/aromatic N) is 2. The van der Waals surface area contributed by atoms with E-state index in [1.54, 1.807) is 0 Å². The minimum absolute atomic E-state index is 0.108. The van der Waals surface area contributed by atoms with E-state index in [0.717, 1.165) is 34.6 Å². The van der Waals surface area contributed by atoms with Gasteiger partial charge in [-0.2, -0.15) is 0 Å². The van der Waals surface area contributed by atoms with E-state index >= 15 is 0 Å². The molecule has 3 aromatic rings. The van der Waals surface area contributed by atoms with Crippen LogP contribution in [0.4, 0.5) is 11.4 Å². The molecular weight excluding hydrogens is 358 g/mol. The first kappa shape index (κ1) is 19.3. The van der Waals surface area contributed by atoms with E-state index in [4.69, 9.17) is 5.73 Å². The van der Waals surface area contributed by atoms with E-state index in [-0.39, 0.29) is 5.56 Å². The number of nitrogens with two attached hydrogens (primary N) is 1. The zero-order chi connectivity index (χ0) is 20.5. The standard InChI is InChI=1S/C25H29N3O/c1-4-6-23(18-9-11-19(26)12-10-18)27(3)20-13-14-24-22(15-20)21(17-7-8-17)16-25(29)28(24)5-2/h6,9-17H,4-5,7-8,26H2,1-3H3/b23-6+. The highest BCUT2D eigenvalue weighted by atomic mass is 16.1. The fourth-order valence-electron chi connectivity index (χ4n) is 4.10. The summed E-state index contributed by atoms with van der Waals surface area (Å²) in [6.07, 6.45) is 5.54. The lowest BCUT2D eigenvalue weighted by Gasteiger charge is -2.25. The number of hydrogen-bond acceptors (Lipinski definition) is 3. The molecule has 0 atom stereocenters. The van der Waals surface area contributed by atoms with Crippen molar-refractivity contribution in [1.82, 2.24) is 4.57 Å². The molecule has 4 heteroatoms. The fraction of sp³-hybridized carbons (Fsp3) is 0.320. The van der Waals surface area contributed by atoms with Crippen molar-refractivity contribution < 1.29 is 0 Å². The average molecular weight is 388 g/mol. The summed E-state index contributed by atoms with van der Waals surface area (Å²) in [4.78, 5) is 14.8. The topological polar surface area (TPSA) is 51.3 Å². The van der Waals surface area contributed by atoms with E-state index in [0.29, 0.717) is 12.5 Å². The van der Waals surface area contributed by atoms with Gasteiger partial charge in [-0.05, 0) is 73.6 Å². The largest absolute Gasteiger partial charge is 0.399 e. The third-order valence-electron chi connectivity index (χ3n) is 5.81. The number of benzene rings is 2. The highest BCUT2D eigenvalue weighted by Crippen LogP contribution is 2.43. The molecule has 0 bridgehead atoms. The van der Waals surface area contributed by atoms with Gasteiger partial charge >= 0.3 is 0 Å². The van der Waals surface area contributed by atoms with Crippen molar-refractivity contribution in [3.05, 3.63) is 76.1 Å². The maximum absolute atomic E-state index is 12.6. The molecule has 1 aromatic heterocycles. The van der Waals surface area contributed by atoms with Crippen molar-refractivity contribution in [3.8, 4) is 0 Å². The highest BCUT2D eigenvalue weighted by Gasteiger charge is 2.27. The van der Waals surface area contributed by atoms with Gasteiger partial charge < -0.3 is 15.2 Å². The molecule has 1 aliphatic carbocycles. The molecule has 1 aliphatic rings. The molecule has 29 heavy (non-hydrogen) atoms. The van der Waals surface area contributed by atoms with Crippen molar-refractivity contribution in [1.29, 1.82) is 0 Å². The molecule has 0 aliphatic heterocycles. The number of hydrogen-bond donors (Lipinski definition) is 1. The minimum atomic E-state index is 0.108. The van der Waals surface area contributed by atoms with Crippen molar-refractivity contribution in [2.24, 2.45) is 0 Å². The van der Waals surface area contributed by atoms with Gasteiger partial charge in [0.1, 0.15) is 0 Å². The van der Waals surface area contributed by atoms with Crippen LogP contribution in [0.3, 0.4) is 0 Å². The zero-order valence-corrected chi connectivity index (χ0v) is 17.5. The molecule has 150 valence electrons. The summed E-state index contributed by atoms with van der Waals surface area (Å²) in [7, 11) is 2.10. The molecule has 1 fully saturated rings. The zero-order valence-electron chi connectivity index (χ0n) is 17.5. The quantitative estimate of drug-likeness (QED) is 0.579. The number of aryl methyl sites for hydroxylation is 1. The Morgan fingerprint density at radius 2 is 1.86 bits per heavy atom. The van der Waals surface area contributed by atoms with Gasteiger partial charge in [-0.15, -0.1) is 0 Å². The predicted octanol–water partition coefficient (Wildman–Crippen LogP) is 5.37. The van der Waals surface area contributed by atoms with E-state index in [1.807, 2.05) is 29.7 Å². The second-order valence-electron chi connectivity index (χ2n) is 7.84. The molecule has 2 aromatic carbocycles.